The number of hydrogen-bond acceptors (Lipinski definition) is 4. The van der Waals surface area contributed by atoms with Gasteiger partial charge in [-0.2, -0.15) is 0 Å². The molecule has 1 aliphatic carbocycles. The van der Waals surface area contributed by atoms with Crippen LogP contribution in [0.2, 0.25) is 0 Å². The van der Waals surface area contributed by atoms with E-state index in [-0.39, 0.29) is 5.41 Å². The number of hydrogen-bond donors (Lipinski definition) is 0. The summed E-state index contributed by atoms with van der Waals surface area (Å²) in [6, 6.07) is 13.0. The third-order valence-corrected chi connectivity index (χ3v) is 6.19. The molecule has 6 rings (SSSR count). The van der Waals surface area contributed by atoms with Crippen LogP contribution >= 0.6 is 0 Å². The van der Waals surface area contributed by atoms with Crippen LogP contribution in [0.1, 0.15) is 30.4 Å². The molecule has 2 aromatic rings. The number of nitrogens with zero attached hydrogens (tertiary/aromatic N) is 1. The molecule has 2 aromatic carbocycles. The average molecular weight is 335 g/mol. The summed E-state index contributed by atoms with van der Waals surface area (Å²) in [5.74, 6) is 3.54. The largest absolute Gasteiger partial charge is 0.492 e. The zero-order chi connectivity index (χ0) is 16.4. The van der Waals surface area contributed by atoms with Gasteiger partial charge in [-0.15, -0.1) is 0 Å². The maximum Gasteiger partial charge on any atom is 0.231 e. The monoisotopic (exact) mass is 335 g/mol. The second kappa shape index (κ2) is 4.84. The molecule has 0 amide bonds. The van der Waals surface area contributed by atoms with E-state index in [1.807, 2.05) is 6.07 Å². The third kappa shape index (κ3) is 1.94. The van der Waals surface area contributed by atoms with Gasteiger partial charge in [0.2, 0.25) is 6.79 Å². The highest BCUT2D eigenvalue weighted by Crippen LogP contribution is 2.54. The molecule has 3 aliphatic heterocycles. The van der Waals surface area contributed by atoms with Gasteiger partial charge in [0.25, 0.3) is 0 Å². The summed E-state index contributed by atoms with van der Waals surface area (Å²) in [5, 5.41) is 0. The van der Waals surface area contributed by atoms with Gasteiger partial charge in [0, 0.05) is 30.4 Å². The van der Waals surface area contributed by atoms with Crippen molar-refractivity contribution in [1.29, 1.82) is 0 Å². The molecule has 0 bridgehead atoms. The second-order valence-electron chi connectivity index (χ2n) is 7.74. The van der Waals surface area contributed by atoms with E-state index in [0.717, 1.165) is 36.3 Å². The van der Waals surface area contributed by atoms with Crippen molar-refractivity contribution >= 4 is 5.69 Å². The van der Waals surface area contributed by atoms with Crippen LogP contribution in [0.4, 0.5) is 5.69 Å². The molecule has 0 aromatic heterocycles. The van der Waals surface area contributed by atoms with Gasteiger partial charge in [-0.3, -0.25) is 0 Å². The van der Waals surface area contributed by atoms with E-state index in [4.69, 9.17) is 14.2 Å². The van der Waals surface area contributed by atoms with E-state index in [9.17, 15) is 0 Å². The van der Waals surface area contributed by atoms with Crippen LogP contribution in [0.5, 0.6) is 17.2 Å². The summed E-state index contributed by atoms with van der Waals surface area (Å²) >= 11 is 0. The van der Waals surface area contributed by atoms with Crippen LogP contribution in [0.25, 0.3) is 0 Å². The Bertz CT molecular complexity index is 860. The molecular weight excluding hydrogens is 314 g/mol. The van der Waals surface area contributed by atoms with Crippen LogP contribution < -0.4 is 19.1 Å². The first-order valence-corrected chi connectivity index (χ1v) is 9.25. The van der Waals surface area contributed by atoms with Gasteiger partial charge in [0.1, 0.15) is 12.4 Å². The summed E-state index contributed by atoms with van der Waals surface area (Å²) in [6.07, 6.45) is 4.13. The zero-order valence-electron chi connectivity index (χ0n) is 14.2. The second-order valence-corrected chi connectivity index (χ2v) is 7.74. The van der Waals surface area contributed by atoms with E-state index >= 15 is 0 Å². The van der Waals surface area contributed by atoms with Crippen molar-refractivity contribution in [2.45, 2.75) is 24.7 Å². The molecule has 128 valence electrons. The van der Waals surface area contributed by atoms with Crippen molar-refractivity contribution < 1.29 is 14.2 Å². The van der Waals surface area contributed by atoms with Crippen LogP contribution in [0.15, 0.2) is 36.4 Å². The minimum Gasteiger partial charge on any atom is -0.492 e. The minimum absolute atomic E-state index is 0.0868. The number of rotatable bonds is 3. The molecule has 3 heterocycles. The number of benzene rings is 2. The smallest absolute Gasteiger partial charge is 0.231 e. The number of ether oxygens (including phenoxy) is 3. The first kappa shape index (κ1) is 13.9. The molecule has 4 nitrogen and oxygen atoms in total. The van der Waals surface area contributed by atoms with Gasteiger partial charge < -0.3 is 19.1 Å². The lowest BCUT2D eigenvalue weighted by atomic mass is 9.77. The molecule has 1 saturated carbocycles. The Labute approximate surface area is 147 Å². The Kier molecular flexibility index (Phi) is 2.69. The van der Waals surface area contributed by atoms with Crippen molar-refractivity contribution in [1.82, 2.24) is 0 Å². The highest BCUT2D eigenvalue weighted by atomic mass is 16.7. The molecule has 25 heavy (non-hydrogen) atoms. The van der Waals surface area contributed by atoms with Gasteiger partial charge in [-0.05, 0) is 30.0 Å². The summed E-state index contributed by atoms with van der Waals surface area (Å²) in [6.45, 7) is 3.13. The molecule has 0 radical (unpaired) electrons. The highest BCUT2D eigenvalue weighted by molar-refractivity contribution is 5.70. The van der Waals surface area contributed by atoms with Gasteiger partial charge in [-0.25, -0.2) is 0 Å². The van der Waals surface area contributed by atoms with Crippen LogP contribution in [-0.2, 0) is 5.41 Å². The maximum absolute atomic E-state index is 6.14. The van der Waals surface area contributed by atoms with Gasteiger partial charge in [0.05, 0.1) is 5.41 Å². The lowest BCUT2D eigenvalue weighted by Crippen LogP contribution is -2.36. The predicted molar refractivity (Wildman–Crippen MR) is 94.8 cm³/mol. The quantitative estimate of drug-likeness (QED) is 0.855. The number of fused-ring (bicyclic) bond motifs is 5. The van der Waals surface area contributed by atoms with E-state index in [2.05, 4.69) is 35.2 Å². The van der Waals surface area contributed by atoms with E-state index in [1.54, 1.807) is 0 Å². The first-order valence-electron chi connectivity index (χ1n) is 9.25. The van der Waals surface area contributed by atoms with Gasteiger partial charge >= 0.3 is 0 Å². The molecule has 4 aliphatic rings. The summed E-state index contributed by atoms with van der Waals surface area (Å²) in [7, 11) is 0. The fraction of sp³-hybridized carbons (Fsp3) is 0.429. The Morgan fingerprint density at radius 2 is 1.80 bits per heavy atom. The maximum atomic E-state index is 6.14. The first-order chi connectivity index (χ1) is 12.3. The molecule has 1 unspecified atom stereocenters. The normalized spacial score (nSPS) is 25.2. The van der Waals surface area contributed by atoms with Crippen molar-refractivity contribution in [2.75, 3.05) is 31.4 Å². The van der Waals surface area contributed by atoms with Crippen molar-refractivity contribution in [2.24, 2.45) is 5.92 Å². The van der Waals surface area contributed by atoms with Crippen molar-refractivity contribution in [3.63, 3.8) is 0 Å². The number of anilines is 1. The van der Waals surface area contributed by atoms with Crippen LogP contribution in [-0.4, -0.2) is 26.5 Å². The molecule has 1 atom stereocenters. The molecular formula is C21H21NO3. The van der Waals surface area contributed by atoms with Crippen LogP contribution in [0.3, 0.4) is 0 Å². The van der Waals surface area contributed by atoms with Gasteiger partial charge in [-0.1, -0.05) is 31.0 Å². The fourth-order valence-corrected chi connectivity index (χ4v) is 4.64. The average Bonchev–Trinajstić information content (AvgIpc) is 3.12. The Hall–Kier alpha value is -2.36. The minimum atomic E-state index is -0.0868. The third-order valence-electron chi connectivity index (χ3n) is 6.19. The summed E-state index contributed by atoms with van der Waals surface area (Å²) in [5.41, 5.74) is 3.93. The van der Waals surface area contributed by atoms with Gasteiger partial charge in [0.15, 0.2) is 11.5 Å². The lowest BCUT2D eigenvalue weighted by Gasteiger charge is -2.25. The summed E-state index contributed by atoms with van der Waals surface area (Å²) in [4.78, 5) is 2.57. The molecule has 0 saturated heterocycles. The topological polar surface area (TPSA) is 30.9 Å². The SMILES string of the molecule is c1ccc2c(c1)N(CCC1CC1)CC21COc2cc3c(cc21)OCO3. The number of para-hydroxylation sites is 1. The van der Waals surface area contributed by atoms with E-state index < -0.39 is 0 Å². The standard InChI is InChI=1S/C21H21NO3/c1-2-4-17-15(3-1)21(11-22(17)8-7-14-5-6-14)12-23-18-10-20-19(9-16(18)21)24-13-25-20/h1-4,9-10,14H,5-8,11-13H2. The van der Waals surface area contributed by atoms with Crippen molar-refractivity contribution in [3.05, 3.63) is 47.5 Å². The molecule has 1 fully saturated rings. The summed E-state index contributed by atoms with van der Waals surface area (Å²) < 4.78 is 17.3. The Morgan fingerprint density at radius 1 is 0.960 bits per heavy atom. The molecule has 1 spiro atoms. The lowest BCUT2D eigenvalue weighted by molar-refractivity contribution is 0.173. The Morgan fingerprint density at radius 3 is 2.68 bits per heavy atom. The molecule has 4 heteroatoms. The van der Waals surface area contributed by atoms with E-state index in [1.165, 1.54) is 36.1 Å². The predicted octanol–water partition coefficient (Wildman–Crippen LogP) is 3.71. The van der Waals surface area contributed by atoms with Crippen LogP contribution in [0, 0.1) is 5.92 Å². The van der Waals surface area contributed by atoms with E-state index in [0.29, 0.717) is 13.4 Å². The fourth-order valence-electron chi connectivity index (χ4n) is 4.64. The zero-order valence-corrected chi connectivity index (χ0v) is 14.2. The Balaban J connectivity index is 1.44. The van der Waals surface area contributed by atoms with Crippen molar-refractivity contribution in [3.8, 4) is 17.2 Å². The highest BCUT2D eigenvalue weighted by Gasteiger charge is 2.50. The molecule has 0 N–H and O–H groups in total.